The molecule has 1 atom stereocenters. The van der Waals surface area contributed by atoms with E-state index in [0.717, 1.165) is 0 Å². The van der Waals surface area contributed by atoms with Crippen molar-refractivity contribution in [3.05, 3.63) is 20.8 Å². The quantitative estimate of drug-likeness (QED) is 0.463. The molecule has 0 aliphatic heterocycles. The normalized spacial score (nSPS) is 12.0. The van der Waals surface area contributed by atoms with Gasteiger partial charge in [0.05, 0.1) is 6.61 Å². The lowest BCUT2D eigenvalue weighted by Crippen LogP contribution is -2.42. The second kappa shape index (κ2) is 7.48. The molecule has 1 rings (SSSR count). The fraction of sp³-hybridized carbons (Fsp3) is 0.583. The number of hydrogen-bond acceptors (Lipinski definition) is 6. The van der Waals surface area contributed by atoms with Crippen molar-refractivity contribution >= 4 is 17.4 Å². The standard InChI is InChI=1S/C12H21N5O4/c1-4-17-9(13)8(11(19)16-12(17)20)15-7(2)10(18)14-5-6-21-3/h7,15H,4-6,13H2,1-3H3,(H,14,18)(H,16,19,20). The third kappa shape index (κ3) is 4.09. The van der Waals surface area contributed by atoms with Crippen LogP contribution in [0.15, 0.2) is 9.59 Å². The van der Waals surface area contributed by atoms with Crippen molar-refractivity contribution in [3.8, 4) is 0 Å². The Balaban J connectivity index is 2.90. The van der Waals surface area contributed by atoms with Crippen molar-refractivity contribution < 1.29 is 9.53 Å². The molecule has 1 aromatic rings. The molecule has 0 saturated heterocycles. The van der Waals surface area contributed by atoms with E-state index < -0.39 is 17.3 Å². The number of H-pyrrole nitrogens is 1. The summed E-state index contributed by atoms with van der Waals surface area (Å²) >= 11 is 0. The van der Waals surface area contributed by atoms with E-state index in [-0.39, 0.29) is 17.4 Å². The summed E-state index contributed by atoms with van der Waals surface area (Å²) in [7, 11) is 1.53. The maximum atomic E-state index is 11.8. The number of aromatic amines is 1. The van der Waals surface area contributed by atoms with Crippen molar-refractivity contribution in [1.82, 2.24) is 14.9 Å². The summed E-state index contributed by atoms with van der Waals surface area (Å²) in [5.41, 5.74) is 4.57. The molecule has 0 aliphatic carbocycles. The number of nitrogens with zero attached hydrogens (tertiary/aromatic N) is 1. The van der Waals surface area contributed by atoms with E-state index in [0.29, 0.717) is 19.7 Å². The van der Waals surface area contributed by atoms with E-state index in [4.69, 9.17) is 10.5 Å². The molecule has 0 radical (unpaired) electrons. The molecular formula is C12H21N5O4. The van der Waals surface area contributed by atoms with Crippen LogP contribution < -0.4 is 27.6 Å². The van der Waals surface area contributed by atoms with E-state index in [1.54, 1.807) is 13.8 Å². The third-order valence-electron chi connectivity index (χ3n) is 2.92. The molecule has 118 valence electrons. The highest BCUT2D eigenvalue weighted by atomic mass is 16.5. The van der Waals surface area contributed by atoms with Crippen LogP contribution in [-0.2, 0) is 16.1 Å². The van der Waals surface area contributed by atoms with Gasteiger partial charge in [0.15, 0.2) is 0 Å². The molecule has 1 aromatic heterocycles. The molecule has 0 aromatic carbocycles. The number of methoxy groups -OCH3 is 1. The predicted molar refractivity (Wildman–Crippen MR) is 79.4 cm³/mol. The summed E-state index contributed by atoms with van der Waals surface area (Å²) in [6, 6.07) is -0.687. The lowest BCUT2D eigenvalue weighted by Gasteiger charge is -2.17. The van der Waals surface area contributed by atoms with E-state index in [1.807, 2.05) is 0 Å². The zero-order valence-corrected chi connectivity index (χ0v) is 12.4. The fourth-order valence-corrected chi connectivity index (χ4v) is 1.75. The number of nitrogens with two attached hydrogens (primary N) is 1. The predicted octanol–water partition coefficient (Wildman–Crippen LogP) is -1.30. The van der Waals surface area contributed by atoms with Crippen LogP contribution in [0, 0.1) is 0 Å². The average Bonchev–Trinajstić information content (AvgIpc) is 2.43. The number of carbonyl (C=O) groups is 1. The lowest BCUT2D eigenvalue weighted by molar-refractivity contribution is -0.121. The molecule has 1 amide bonds. The number of rotatable bonds is 7. The Hall–Kier alpha value is -2.29. The Morgan fingerprint density at radius 2 is 2.14 bits per heavy atom. The largest absolute Gasteiger partial charge is 0.383 e. The maximum absolute atomic E-state index is 11.8. The Labute approximate surface area is 121 Å². The van der Waals surface area contributed by atoms with Gasteiger partial charge in [-0.05, 0) is 13.8 Å². The molecule has 5 N–H and O–H groups in total. The molecule has 9 heteroatoms. The number of anilines is 2. The number of carbonyl (C=O) groups excluding carboxylic acids is 1. The van der Waals surface area contributed by atoms with Crippen molar-refractivity contribution in [2.75, 3.05) is 31.3 Å². The van der Waals surface area contributed by atoms with E-state index in [2.05, 4.69) is 15.6 Å². The highest BCUT2D eigenvalue weighted by Gasteiger charge is 2.17. The average molecular weight is 299 g/mol. The van der Waals surface area contributed by atoms with Crippen LogP contribution in [0.1, 0.15) is 13.8 Å². The van der Waals surface area contributed by atoms with Gasteiger partial charge < -0.3 is 21.1 Å². The smallest absolute Gasteiger partial charge is 0.330 e. The molecule has 0 bridgehead atoms. The number of hydrogen-bond donors (Lipinski definition) is 4. The first-order valence-corrected chi connectivity index (χ1v) is 6.58. The third-order valence-corrected chi connectivity index (χ3v) is 2.92. The zero-order valence-electron chi connectivity index (χ0n) is 12.4. The van der Waals surface area contributed by atoms with Crippen LogP contribution in [0.4, 0.5) is 11.5 Å². The van der Waals surface area contributed by atoms with Crippen LogP contribution in [0.3, 0.4) is 0 Å². The molecule has 0 fully saturated rings. The second-order valence-corrected chi connectivity index (χ2v) is 4.41. The van der Waals surface area contributed by atoms with Gasteiger partial charge >= 0.3 is 5.69 Å². The molecule has 0 aliphatic rings. The fourth-order valence-electron chi connectivity index (χ4n) is 1.75. The summed E-state index contributed by atoms with van der Waals surface area (Å²) in [5, 5.41) is 5.36. The van der Waals surface area contributed by atoms with Gasteiger partial charge in [0.1, 0.15) is 17.5 Å². The van der Waals surface area contributed by atoms with Gasteiger partial charge in [0.2, 0.25) is 5.91 Å². The zero-order chi connectivity index (χ0) is 16.0. The summed E-state index contributed by atoms with van der Waals surface area (Å²) in [6.45, 7) is 4.37. The van der Waals surface area contributed by atoms with Crippen molar-refractivity contribution in [3.63, 3.8) is 0 Å². The number of ether oxygens (including phenoxy) is 1. The summed E-state index contributed by atoms with van der Waals surface area (Å²) in [4.78, 5) is 37.3. The van der Waals surface area contributed by atoms with Gasteiger partial charge in [-0.15, -0.1) is 0 Å². The van der Waals surface area contributed by atoms with Crippen molar-refractivity contribution in [2.24, 2.45) is 0 Å². The van der Waals surface area contributed by atoms with Crippen LogP contribution in [0.2, 0.25) is 0 Å². The Morgan fingerprint density at radius 3 is 2.71 bits per heavy atom. The van der Waals surface area contributed by atoms with E-state index >= 15 is 0 Å². The molecule has 9 nitrogen and oxygen atoms in total. The Bertz CT molecular complexity index is 607. The lowest BCUT2D eigenvalue weighted by atomic mass is 10.3. The Morgan fingerprint density at radius 1 is 1.48 bits per heavy atom. The SMILES string of the molecule is CCn1c(N)c(NC(C)C(=O)NCCOC)c(=O)[nH]c1=O. The second-order valence-electron chi connectivity index (χ2n) is 4.41. The number of nitrogen functional groups attached to an aromatic ring is 1. The summed E-state index contributed by atoms with van der Waals surface area (Å²) in [6.07, 6.45) is 0. The highest BCUT2D eigenvalue weighted by Crippen LogP contribution is 2.11. The first-order valence-electron chi connectivity index (χ1n) is 6.58. The van der Waals surface area contributed by atoms with Crippen LogP contribution in [-0.4, -0.2) is 41.8 Å². The number of nitrogens with one attached hydrogen (secondary N) is 3. The first kappa shape index (κ1) is 16.8. The first-order chi connectivity index (χ1) is 9.92. The minimum absolute atomic E-state index is 0.00258. The van der Waals surface area contributed by atoms with Gasteiger partial charge in [-0.2, -0.15) is 0 Å². The molecule has 1 heterocycles. The Kier molecular flexibility index (Phi) is 5.97. The maximum Gasteiger partial charge on any atom is 0.330 e. The molecule has 0 spiro atoms. The van der Waals surface area contributed by atoms with Gasteiger partial charge in [-0.3, -0.25) is 19.1 Å². The molecular weight excluding hydrogens is 278 g/mol. The summed E-state index contributed by atoms with van der Waals surface area (Å²) < 4.78 is 6.03. The van der Waals surface area contributed by atoms with Crippen LogP contribution in [0.5, 0.6) is 0 Å². The van der Waals surface area contributed by atoms with Gasteiger partial charge in [-0.1, -0.05) is 0 Å². The minimum atomic E-state index is -0.687. The topological polar surface area (TPSA) is 131 Å². The molecule has 0 saturated carbocycles. The van der Waals surface area contributed by atoms with Crippen LogP contribution >= 0.6 is 0 Å². The van der Waals surface area contributed by atoms with E-state index in [9.17, 15) is 14.4 Å². The van der Waals surface area contributed by atoms with Gasteiger partial charge in [0, 0.05) is 20.2 Å². The molecule has 21 heavy (non-hydrogen) atoms. The van der Waals surface area contributed by atoms with E-state index in [1.165, 1.54) is 11.7 Å². The number of amides is 1. The van der Waals surface area contributed by atoms with Gasteiger partial charge in [0.25, 0.3) is 5.56 Å². The number of aromatic nitrogens is 2. The monoisotopic (exact) mass is 299 g/mol. The van der Waals surface area contributed by atoms with Crippen LogP contribution in [0.25, 0.3) is 0 Å². The van der Waals surface area contributed by atoms with Gasteiger partial charge in [-0.25, -0.2) is 4.79 Å². The highest BCUT2D eigenvalue weighted by molar-refractivity contribution is 5.84. The minimum Gasteiger partial charge on any atom is -0.383 e. The summed E-state index contributed by atoms with van der Waals surface area (Å²) in [5.74, 6) is -0.303. The molecule has 1 unspecified atom stereocenters. The van der Waals surface area contributed by atoms with Crippen molar-refractivity contribution in [1.29, 1.82) is 0 Å². The van der Waals surface area contributed by atoms with Crippen molar-refractivity contribution in [2.45, 2.75) is 26.4 Å².